The third kappa shape index (κ3) is 6.01. The van der Waals surface area contributed by atoms with Gasteiger partial charge in [0.2, 0.25) is 0 Å². The van der Waals surface area contributed by atoms with Gasteiger partial charge in [-0.25, -0.2) is 0 Å². The minimum absolute atomic E-state index is 0.701. The highest BCUT2D eigenvalue weighted by Crippen LogP contribution is 2.47. The van der Waals surface area contributed by atoms with Gasteiger partial charge in [0, 0.05) is 11.1 Å². The molecule has 0 saturated carbocycles. The molecule has 0 saturated heterocycles. The largest absolute Gasteiger partial charge is 0.108 e. The summed E-state index contributed by atoms with van der Waals surface area (Å²) in [7, 11) is 0. The van der Waals surface area contributed by atoms with Crippen LogP contribution in [0.4, 0.5) is 0 Å². The van der Waals surface area contributed by atoms with E-state index in [1.165, 1.54) is 44.5 Å². The summed E-state index contributed by atoms with van der Waals surface area (Å²) in [6.07, 6.45) is 8.92. The van der Waals surface area contributed by atoms with E-state index in [0.29, 0.717) is 0 Å². The van der Waals surface area contributed by atoms with Crippen LogP contribution in [0.2, 0.25) is 0 Å². The quantitative estimate of drug-likeness (QED) is 0.159. The first-order valence-corrected chi connectivity index (χ1v) is 19.8. The Bertz CT molecular complexity index is 2670. The van der Waals surface area contributed by atoms with Crippen molar-refractivity contribution < 1.29 is 0 Å². The summed E-state index contributed by atoms with van der Waals surface area (Å²) in [4.78, 5) is 0. The van der Waals surface area contributed by atoms with Crippen molar-refractivity contribution in [3.8, 4) is 34.8 Å². The molecule has 8 aromatic rings. The van der Waals surface area contributed by atoms with E-state index >= 15 is 0 Å². The zero-order valence-corrected chi connectivity index (χ0v) is 31.9. The van der Waals surface area contributed by atoms with Crippen LogP contribution in [0, 0.1) is 23.7 Å². The smallest absolute Gasteiger partial charge is 0.0764 e. The molecule has 0 spiro atoms. The fourth-order valence-corrected chi connectivity index (χ4v) is 8.82. The van der Waals surface area contributed by atoms with E-state index in [1.807, 2.05) is 12.1 Å². The van der Waals surface area contributed by atoms with Gasteiger partial charge in [-0.05, 0) is 91.0 Å². The first-order valence-electron chi connectivity index (χ1n) is 19.8. The number of hydrogen-bond donors (Lipinski definition) is 0. The molecule has 0 nitrogen and oxygen atoms in total. The van der Waals surface area contributed by atoms with Gasteiger partial charge in [0.15, 0.2) is 0 Å². The van der Waals surface area contributed by atoms with Gasteiger partial charge < -0.3 is 0 Å². The van der Waals surface area contributed by atoms with Crippen molar-refractivity contribution in [3.05, 3.63) is 273 Å². The van der Waals surface area contributed by atoms with E-state index in [9.17, 15) is 0 Å². The minimum atomic E-state index is -0.701. The fraction of sp³-hybridized carbons (Fsp3) is 0.0345. The van der Waals surface area contributed by atoms with Crippen molar-refractivity contribution in [2.75, 3.05) is 0 Å². The Kier molecular flexibility index (Phi) is 8.88. The molecule has 0 aromatic heterocycles. The Morgan fingerprint density at radius 3 is 0.845 bits per heavy atom. The topological polar surface area (TPSA) is 0 Å². The molecule has 8 aromatic carbocycles. The summed E-state index contributed by atoms with van der Waals surface area (Å²) in [5, 5.41) is 0. The third-order valence-electron chi connectivity index (χ3n) is 11.6. The molecule has 0 heteroatoms. The molecule has 10 rings (SSSR count). The lowest BCUT2D eigenvalue weighted by molar-refractivity contribution is 0.806. The van der Waals surface area contributed by atoms with Crippen LogP contribution in [-0.2, 0) is 10.8 Å². The monoisotopic (exact) mass is 734 g/mol. The second-order valence-corrected chi connectivity index (χ2v) is 14.9. The molecular formula is C58H38. The van der Waals surface area contributed by atoms with E-state index in [-0.39, 0.29) is 0 Å². The molecule has 0 amide bonds. The number of benzene rings is 8. The molecule has 0 atom stereocenters. The third-order valence-corrected chi connectivity index (χ3v) is 11.6. The zero-order valence-electron chi connectivity index (χ0n) is 31.9. The van der Waals surface area contributed by atoms with Crippen LogP contribution in [0.1, 0.15) is 66.8 Å². The first kappa shape index (κ1) is 34.8. The lowest BCUT2D eigenvalue weighted by atomic mass is 9.67. The molecule has 58 heavy (non-hydrogen) atoms. The van der Waals surface area contributed by atoms with Gasteiger partial charge in [-0.1, -0.05) is 230 Å². The van der Waals surface area contributed by atoms with Gasteiger partial charge in [-0.3, -0.25) is 0 Å². The molecular weight excluding hydrogens is 697 g/mol. The SMILES string of the molecule is C(#CC1(c2ccc(-c3ccc(C4(C#Cc5ccccc5)c5ccccc5C=Cc5ccccc54)cc3)cc2)c2ccccc2C=Cc2ccccc21)c1ccccc1. The van der Waals surface area contributed by atoms with Crippen LogP contribution in [0.15, 0.2) is 206 Å². The van der Waals surface area contributed by atoms with Crippen molar-refractivity contribution in [1.82, 2.24) is 0 Å². The molecule has 270 valence electrons. The maximum absolute atomic E-state index is 3.86. The van der Waals surface area contributed by atoms with Gasteiger partial charge in [-0.15, -0.1) is 0 Å². The average molecular weight is 735 g/mol. The lowest BCUT2D eigenvalue weighted by Gasteiger charge is -2.33. The summed E-state index contributed by atoms with van der Waals surface area (Å²) < 4.78 is 0. The maximum atomic E-state index is 3.86. The normalized spacial score (nSPS) is 13.7. The van der Waals surface area contributed by atoms with E-state index in [0.717, 1.165) is 33.4 Å². The molecule has 0 unspecified atom stereocenters. The number of rotatable bonds is 3. The first-order chi connectivity index (χ1) is 28.7. The van der Waals surface area contributed by atoms with E-state index in [4.69, 9.17) is 0 Å². The second kappa shape index (κ2) is 14.8. The highest BCUT2D eigenvalue weighted by Gasteiger charge is 2.40. The molecule has 2 aliphatic rings. The minimum Gasteiger partial charge on any atom is -0.0764 e. The number of fused-ring (bicyclic) bond motifs is 4. The molecule has 0 heterocycles. The Balaban J connectivity index is 1.11. The average Bonchev–Trinajstić information content (AvgIpc) is 3.54. The molecule has 0 fully saturated rings. The highest BCUT2D eigenvalue weighted by atomic mass is 14.4. The van der Waals surface area contributed by atoms with Crippen molar-refractivity contribution in [2.24, 2.45) is 0 Å². The molecule has 0 N–H and O–H groups in total. The van der Waals surface area contributed by atoms with Gasteiger partial charge >= 0.3 is 0 Å². The molecule has 0 bridgehead atoms. The summed E-state index contributed by atoms with van der Waals surface area (Å²) in [5.74, 6) is 14.9. The van der Waals surface area contributed by atoms with Gasteiger partial charge in [-0.2, -0.15) is 0 Å². The van der Waals surface area contributed by atoms with Gasteiger partial charge in [0.25, 0.3) is 0 Å². The molecule has 0 radical (unpaired) electrons. The Morgan fingerprint density at radius 1 is 0.259 bits per heavy atom. The van der Waals surface area contributed by atoms with Crippen LogP contribution in [0.5, 0.6) is 0 Å². The van der Waals surface area contributed by atoms with E-state index in [1.54, 1.807) is 0 Å². The summed E-state index contributed by atoms with van der Waals surface area (Å²) in [6, 6.07) is 73.5. The highest BCUT2D eigenvalue weighted by molar-refractivity contribution is 5.83. The fourth-order valence-electron chi connectivity index (χ4n) is 8.82. The lowest BCUT2D eigenvalue weighted by Crippen LogP contribution is -2.29. The summed E-state index contributed by atoms with van der Waals surface area (Å²) in [6.45, 7) is 0. The van der Waals surface area contributed by atoms with Gasteiger partial charge in [0.05, 0.1) is 0 Å². The molecule has 2 aliphatic carbocycles. The van der Waals surface area contributed by atoms with Crippen LogP contribution in [-0.4, -0.2) is 0 Å². The summed E-state index contributed by atoms with van der Waals surface area (Å²) in [5.41, 5.74) is 14.5. The van der Waals surface area contributed by atoms with Crippen LogP contribution < -0.4 is 0 Å². The van der Waals surface area contributed by atoms with E-state index in [2.05, 4.69) is 242 Å². The van der Waals surface area contributed by atoms with Crippen molar-refractivity contribution >= 4 is 24.3 Å². The van der Waals surface area contributed by atoms with Crippen molar-refractivity contribution in [1.29, 1.82) is 0 Å². The standard InChI is InChI=1S/C58H38/c1-3-15-43(16-4-1)39-41-57(53-23-11-7-19-47(53)27-28-48-20-8-12-24-54(48)57)51-35-31-45(32-36-51)46-33-37-52(38-34-46)58(42-40-44-17-5-2-6-18-44)55-25-13-9-21-49(55)29-30-50-22-10-14-26-56(50)58/h1-38H. The van der Waals surface area contributed by atoms with Crippen LogP contribution in [0.3, 0.4) is 0 Å². The predicted octanol–water partition coefficient (Wildman–Crippen LogP) is 13.1. The molecule has 0 aliphatic heterocycles. The Morgan fingerprint density at radius 2 is 0.534 bits per heavy atom. The van der Waals surface area contributed by atoms with Gasteiger partial charge in [0.1, 0.15) is 10.8 Å². The predicted molar refractivity (Wildman–Crippen MR) is 242 cm³/mol. The summed E-state index contributed by atoms with van der Waals surface area (Å²) >= 11 is 0. The van der Waals surface area contributed by atoms with E-state index < -0.39 is 10.8 Å². The van der Waals surface area contributed by atoms with Crippen molar-refractivity contribution in [2.45, 2.75) is 10.8 Å². The van der Waals surface area contributed by atoms with Crippen molar-refractivity contribution in [3.63, 3.8) is 0 Å². The number of hydrogen-bond acceptors (Lipinski definition) is 0. The zero-order chi connectivity index (χ0) is 38.8. The van der Waals surface area contributed by atoms with Crippen LogP contribution >= 0.6 is 0 Å². The Labute approximate surface area is 341 Å². The second-order valence-electron chi connectivity index (χ2n) is 14.9. The maximum Gasteiger partial charge on any atom is 0.108 e. The Hall–Kier alpha value is -7.64. The van der Waals surface area contributed by atoms with Crippen LogP contribution in [0.25, 0.3) is 35.4 Å².